The van der Waals surface area contributed by atoms with Crippen molar-refractivity contribution in [3.63, 3.8) is 0 Å². The molecule has 1 N–H and O–H groups in total. The van der Waals surface area contributed by atoms with E-state index in [9.17, 15) is 5.11 Å². The standard InChI is InChI=1S/C15H18N2O/c1-16-7-9-17(10-8-16)15-4-2-3-12-5-6-13(18)11-14(12)15/h2-6,11,18H,7-10H2,1H3. The summed E-state index contributed by atoms with van der Waals surface area (Å²) in [6, 6.07) is 11.9. The minimum absolute atomic E-state index is 0.337. The van der Waals surface area contributed by atoms with Gasteiger partial charge in [-0.1, -0.05) is 18.2 Å². The van der Waals surface area contributed by atoms with E-state index < -0.39 is 0 Å². The van der Waals surface area contributed by atoms with Crippen LogP contribution in [-0.2, 0) is 0 Å². The second kappa shape index (κ2) is 4.50. The lowest BCUT2D eigenvalue weighted by molar-refractivity contribution is 0.313. The van der Waals surface area contributed by atoms with Gasteiger partial charge in [-0.25, -0.2) is 0 Å². The molecule has 0 aromatic heterocycles. The molecule has 0 bridgehead atoms. The topological polar surface area (TPSA) is 26.7 Å². The molecule has 0 spiro atoms. The zero-order valence-corrected chi connectivity index (χ0v) is 10.6. The molecule has 0 atom stereocenters. The third kappa shape index (κ3) is 2.02. The summed E-state index contributed by atoms with van der Waals surface area (Å²) in [5.74, 6) is 0.337. The van der Waals surface area contributed by atoms with Gasteiger partial charge in [0.15, 0.2) is 0 Å². The fraction of sp³-hybridized carbons (Fsp3) is 0.333. The van der Waals surface area contributed by atoms with Crippen LogP contribution in [0.25, 0.3) is 10.8 Å². The highest BCUT2D eigenvalue weighted by Crippen LogP contribution is 2.30. The molecule has 3 heteroatoms. The maximum absolute atomic E-state index is 9.67. The van der Waals surface area contributed by atoms with Gasteiger partial charge >= 0.3 is 0 Å². The third-order valence-corrected chi connectivity index (χ3v) is 3.69. The lowest BCUT2D eigenvalue weighted by atomic mass is 10.1. The molecule has 18 heavy (non-hydrogen) atoms. The van der Waals surface area contributed by atoms with Crippen molar-refractivity contribution in [2.24, 2.45) is 0 Å². The molecule has 0 amide bonds. The maximum atomic E-state index is 9.67. The van der Waals surface area contributed by atoms with Gasteiger partial charge < -0.3 is 14.9 Å². The van der Waals surface area contributed by atoms with Gasteiger partial charge in [-0.3, -0.25) is 0 Å². The van der Waals surface area contributed by atoms with Crippen LogP contribution in [0.4, 0.5) is 5.69 Å². The van der Waals surface area contributed by atoms with Crippen LogP contribution in [-0.4, -0.2) is 43.2 Å². The number of nitrogens with zero attached hydrogens (tertiary/aromatic N) is 2. The van der Waals surface area contributed by atoms with Gasteiger partial charge in [-0.15, -0.1) is 0 Å². The number of fused-ring (bicyclic) bond motifs is 1. The molecule has 0 saturated carbocycles. The van der Waals surface area contributed by atoms with Crippen molar-refractivity contribution in [2.75, 3.05) is 38.1 Å². The van der Waals surface area contributed by atoms with E-state index in [4.69, 9.17) is 0 Å². The summed E-state index contributed by atoms with van der Waals surface area (Å²) < 4.78 is 0. The molecule has 3 rings (SSSR count). The van der Waals surface area contributed by atoms with Gasteiger partial charge in [0.2, 0.25) is 0 Å². The Kier molecular flexibility index (Phi) is 2.84. The largest absolute Gasteiger partial charge is 0.508 e. The average Bonchev–Trinajstić information content (AvgIpc) is 2.39. The fourth-order valence-electron chi connectivity index (χ4n) is 2.57. The van der Waals surface area contributed by atoms with Crippen LogP contribution in [0.1, 0.15) is 0 Å². The van der Waals surface area contributed by atoms with Crippen LogP contribution < -0.4 is 4.90 Å². The molecule has 1 heterocycles. The molecule has 0 radical (unpaired) electrons. The second-order valence-corrected chi connectivity index (χ2v) is 4.97. The Hall–Kier alpha value is -1.74. The molecule has 94 valence electrons. The number of hydrogen-bond acceptors (Lipinski definition) is 3. The number of piperazine rings is 1. The van der Waals surface area contributed by atoms with Crippen LogP contribution in [0.5, 0.6) is 5.75 Å². The van der Waals surface area contributed by atoms with Crippen LogP contribution >= 0.6 is 0 Å². The molecule has 3 nitrogen and oxygen atoms in total. The first-order chi connectivity index (χ1) is 8.74. The number of hydrogen-bond donors (Lipinski definition) is 1. The average molecular weight is 242 g/mol. The summed E-state index contributed by atoms with van der Waals surface area (Å²) in [6.07, 6.45) is 0. The Labute approximate surface area is 107 Å². The Morgan fingerprint density at radius 2 is 1.78 bits per heavy atom. The van der Waals surface area contributed by atoms with E-state index in [1.807, 2.05) is 12.1 Å². The molecule has 2 aromatic rings. The number of benzene rings is 2. The maximum Gasteiger partial charge on any atom is 0.116 e. The van der Waals surface area contributed by atoms with E-state index in [1.165, 1.54) is 11.1 Å². The van der Waals surface area contributed by atoms with Crippen LogP contribution in [0, 0.1) is 0 Å². The van der Waals surface area contributed by atoms with Gasteiger partial charge in [-0.05, 0) is 30.6 Å². The zero-order chi connectivity index (χ0) is 12.5. The predicted octanol–water partition coefficient (Wildman–Crippen LogP) is 2.30. The van der Waals surface area contributed by atoms with Crippen molar-refractivity contribution < 1.29 is 5.11 Å². The van der Waals surface area contributed by atoms with Crippen molar-refractivity contribution in [2.45, 2.75) is 0 Å². The van der Waals surface area contributed by atoms with E-state index in [-0.39, 0.29) is 0 Å². The van der Waals surface area contributed by atoms with Crippen molar-refractivity contribution in [3.8, 4) is 5.75 Å². The zero-order valence-electron chi connectivity index (χ0n) is 10.6. The summed E-state index contributed by atoms with van der Waals surface area (Å²) in [4.78, 5) is 4.75. The summed E-state index contributed by atoms with van der Waals surface area (Å²) >= 11 is 0. The van der Waals surface area contributed by atoms with Gasteiger partial charge in [0.05, 0.1) is 0 Å². The number of rotatable bonds is 1. The number of phenols is 1. The number of aromatic hydroxyl groups is 1. The Morgan fingerprint density at radius 3 is 2.56 bits per heavy atom. The molecule has 1 saturated heterocycles. The highest BCUT2D eigenvalue weighted by atomic mass is 16.3. The van der Waals surface area contributed by atoms with E-state index in [0.29, 0.717) is 5.75 Å². The summed E-state index contributed by atoms with van der Waals surface area (Å²) in [5, 5.41) is 12.0. The smallest absolute Gasteiger partial charge is 0.116 e. The molecule has 1 aliphatic rings. The van der Waals surface area contributed by atoms with Gasteiger partial charge in [-0.2, -0.15) is 0 Å². The van der Waals surface area contributed by atoms with Crippen molar-refractivity contribution >= 4 is 16.5 Å². The van der Waals surface area contributed by atoms with Gasteiger partial charge in [0.25, 0.3) is 0 Å². The normalized spacial score (nSPS) is 17.3. The summed E-state index contributed by atoms with van der Waals surface area (Å²) in [6.45, 7) is 4.28. The molecule has 1 aliphatic heterocycles. The Morgan fingerprint density at radius 1 is 1.00 bits per heavy atom. The van der Waals surface area contributed by atoms with Crippen molar-refractivity contribution in [1.82, 2.24) is 4.90 Å². The minimum Gasteiger partial charge on any atom is -0.508 e. The van der Waals surface area contributed by atoms with E-state index >= 15 is 0 Å². The van der Waals surface area contributed by atoms with Crippen molar-refractivity contribution in [1.29, 1.82) is 0 Å². The Bertz CT molecular complexity index is 559. The molecule has 0 unspecified atom stereocenters. The van der Waals surface area contributed by atoms with Crippen LogP contribution in [0.3, 0.4) is 0 Å². The third-order valence-electron chi connectivity index (χ3n) is 3.69. The first-order valence-corrected chi connectivity index (χ1v) is 6.39. The number of phenolic OH excluding ortho intramolecular Hbond substituents is 1. The van der Waals surface area contributed by atoms with E-state index in [0.717, 1.165) is 31.6 Å². The fourth-order valence-corrected chi connectivity index (χ4v) is 2.57. The first kappa shape index (κ1) is 11.4. The lowest BCUT2D eigenvalue weighted by Gasteiger charge is -2.34. The monoisotopic (exact) mass is 242 g/mol. The molecule has 0 aliphatic carbocycles. The summed E-state index contributed by atoms with van der Waals surface area (Å²) in [5.41, 5.74) is 1.23. The lowest BCUT2D eigenvalue weighted by Crippen LogP contribution is -2.44. The SMILES string of the molecule is CN1CCN(c2cccc3ccc(O)cc23)CC1. The Balaban J connectivity index is 2.03. The number of anilines is 1. The highest BCUT2D eigenvalue weighted by Gasteiger charge is 2.16. The van der Waals surface area contributed by atoms with Crippen LogP contribution in [0.2, 0.25) is 0 Å². The first-order valence-electron chi connectivity index (χ1n) is 6.39. The molecule has 2 aromatic carbocycles. The molecule has 1 fully saturated rings. The summed E-state index contributed by atoms with van der Waals surface area (Å²) in [7, 11) is 2.16. The molecular weight excluding hydrogens is 224 g/mol. The quantitative estimate of drug-likeness (QED) is 0.831. The van der Waals surface area contributed by atoms with Crippen molar-refractivity contribution in [3.05, 3.63) is 36.4 Å². The number of likely N-dealkylation sites (N-methyl/N-ethyl adjacent to an activating group) is 1. The second-order valence-electron chi connectivity index (χ2n) is 4.97. The van der Waals surface area contributed by atoms with Gasteiger partial charge in [0, 0.05) is 37.3 Å². The molecular formula is C15H18N2O. The van der Waals surface area contributed by atoms with Gasteiger partial charge in [0.1, 0.15) is 5.75 Å². The van der Waals surface area contributed by atoms with E-state index in [1.54, 1.807) is 6.07 Å². The predicted molar refractivity (Wildman–Crippen MR) is 75.3 cm³/mol. The van der Waals surface area contributed by atoms with Crippen LogP contribution in [0.15, 0.2) is 36.4 Å². The van der Waals surface area contributed by atoms with E-state index in [2.05, 4.69) is 35.0 Å². The minimum atomic E-state index is 0.337. The highest BCUT2D eigenvalue weighted by molar-refractivity contribution is 5.95.